The topological polar surface area (TPSA) is 30.7 Å². The molecule has 0 N–H and O–H groups in total. The molecule has 0 saturated carbocycles. The van der Waals surface area contributed by atoms with Crippen LogP contribution >= 0.6 is 0 Å². The third-order valence-corrected chi connectivity index (χ3v) is 3.49. The third-order valence-electron chi connectivity index (χ3n) is 2.48. The van der Waals surface area contributed by atoms with Gasteiger partial charge in [0.15, 0.2) is 0 Å². The van der Waals surface area contributed by atoms with Gasteiger partial charge in [-0.25, -0.2) is 0 Å². The molecule has 0 saturated heterocycles. The van der Waals surface area contributed by atoms with Crippen LogP contribution in [-0.4, -0.2) is 32.3 Å². The maximum absolute atomic E-state index is 4.59. The van der Waals surface area contributed by atoms with Gasteiger partial charge < -0.3 is 0 Å². The van der Waals surface area contributed by atoms with E-state index in [1.165, 1.54) is 0 Å². The summed E-state index contributed by atoms with van der Waals surface area (Å²) in [5.74, 6) is 0. The van der Waals surface area contributed by atoms with Crippen LogP contribution in [0.2, 0.25) is 0 Å². The molecule has 2 aromatic rings. The van der Waals surface area contributed by atoms with Gasteiger partial charge in [0.1, 0.15) is 0 Å². The van der Waals surface area contributed by atoms with Crippen molar-refractivity contribution in [2.45, 2.75) is 26.2 Å². The zero-order chi connectivity index (χ0) is 11.8. The van der Waals surface area contributed by atoms with Gasteiger partial charge in [0.25, 0.3) is 0 Å². The monoisotopic (exact) mass is 270 g/mol. The Morgan fingerprint density at radius 2 is 2.00 bits per heavy atom. The zero-order valence-corrected chi connectivity index (χ0v) is 12.9. The third kappa shape index (κ3) is 2.22. The van der Waals surface area contributed by atoms with Crippen molar-refractivity contribution in [1.82, 2.24) is 13.5 Å². The summed E-state index contributed by atoms with van der Waals surface area (Å²) in [6.45, 7) is 6.53. The summed E-state index contributed by atoms with van der Waals surface area (Å²) >= 11 is 0.988. The van der Waals surface area contributed by atoms with Crippen molar-refractivity contribution < 1.29 is 0 Å². The fraction of sp³-hybridized carbons (Fsp3) is 0.333. The van der Waals surface area contributed by atoms with E-state index in [0.29, 0.717) is 0 Å². The summed E-state index contributed by atoms with van der Waals surface area (Å²) in [4.78, 5) is 4.36. The Hall–Kier alpha value is -1.00. The van der Waals surface area contributed by atoms with Crippen LogP contribution in [0, 0.1) is 0 Å². The molecule has 2 rings (SSSR count). The number of aromatic nitrogens is 3. The molecule has 16 heavy (non-hydrogen) atoms. The SMILES string of the molecule is CC(C)(C)c1cc(-c2ccccn2)[n]([GaH])n1. The molecule has 0 amide bonds. The second kappa shape index (κ2) is 4.11. The molecule has 0 aromatic carbocycles. The van der Waals surface area contributed by atoms with Crippen LogP contribution < -0.4 is 0 Å². The van der Waals surface area contributed by atoms with Crippen LogP contribution in [0.25, 0.3) is 11.4 Å². The van der Waals surface area contributed by atoms with E-state index >= 15 is 0 Å². The molecule has 0 spiro atoms. The average molecular weight is 271 g/mol. The molecule has 0 aliphatic heterocycles. The van der Waals surface area contributed by atoms with Gasteiger partial charge in [0.2, 0.25) is 0 Å². The molecule has 1 radical (unpaired) electrons. The normalized spacial score (nSPS) is 11.7. The number of nitrogens with zero attached hydrogens (tertiary/aromatic N) is 3. The van der Waals surface area contributed by atoms with Crippen molar-refractivity contribution in [3.8, 4) is 11.4 Å². The van der Waals surface area contributed by atoms with E-state index in [4.69, 9.17) is 0 Å². The van der Waals surface area contributed by atoms with E-state index in [1.54, 1.807) is 0 Å². The molecule has 0 fully saturated rings. The van der Waals surface area contributed by atoms with Crippen molar-refractivity contribution in [3.05, 3.63) is 36.2 Å². The Kier molecular flexibility index (Phi) is 2.95. The van der Waals surface area contributed by atoms with Gasteiger partial charge in [-0.05, 0) is 0 Å². The van der Waals surface area contributed by atoms with E-state index < -0.39 is 0 Å². The zero-order valence-electron chi connectivity index (χ0n) is 9.94. The molecular weight excluding hydrogens is 256 g/mol. The predicted molar refractivity (Wildman–Crippen MR) is 66.7 cm³/mol. The minimum atomic E-state index is 0.0942. The van der Waals surface area contributed by atoms with Gasteiger partial charge in [0, 0.05) is 0 Å². The van der Waals surface area contributed by atoms with Crippen molar-refractivity contribution in [1.29, 1.82) is 0 Å². The van der Waals surface area contributed by atoms with Gasteiger partial charge in [0.05, 0.1) is 0 Å². The number of hydrogen-bond acceptors (Lipinski definition) is 2. The van der Waals surface area contributed by atoms with E-state index in [0.717, 1.165) is 35.9 Å². The van der Waals surface area contributed by atoms with Gasteiger partial charge >= 0.3 is 106 Å². The predicted octanol–water partition coefficient (Wildman–Crippen LogP) is 1.91. The minimum absolute atomic E-state index is 0.0942. The molecular formula is C12H15GaN3. The molecule has 4 heteroatoms. The molecule has 3 nitrogen and oxygen atoms in total. The molecule has 0 unspecified atom stereocenters. The number of pyridine rings is 1. The molecule has 2 aromatic heterocycles. The Bertz CT molecular complexity index is 483. The maximum atomic E-state index is 4.59. The fourth-order valence-electron chi connectivity index (χ4n) is 1.50. The van der Waals surface area contributed by atoms with Crippen LogP contribution in [0.5, 0.6) is 0 Å². The van der Waals surface area contributed by atoms with Crippen LogP contribution in [0.3, 0.4) is 0 Å². The summed E-state index contributed by atoms with van der Waals surface area (Å²) in [6, 6.07) is 8.11. The molecule has 81 valence electrons. The van der Waals surface area contributed by atoms with Crippen molar-refractivity contribution in [2.24, 2.45) is 0 Å². The van der Waals surface area contributed by atoms with Gasteiger partial charge in [-0.1, -0.05) is 0 Å². The summed E-state index contributed by atoms with van der Waals surface area (Å²) in [5, 5.41) is 4.59. The molecule has 0 atom stereocenters. The fourth-order valence-corrected chi connectivity index (χ4v) is 2.35. The standard InChI is InChI=1S/C12H14N3.Ga.H/c1-12(2,3)11-8-10(14-15-11)9-6-4-5-7-13-9;;/h4-8H,1-3H3;;/q-1;+1;. The van der Waals surface area contributed by atoms with Crippen LogP contribution in [0.1, 0.15) is 26.5 Å². The summed E-state index contributed by atoms with van der Waals surface area (Å²) in [5.41, 5.74) is 3.33. The summed E-state index contributed by atoms with van der Waals surface area (Å²) in [6.07, 6.45) is 1.82. The van der Waals surface area contributed by atoms with E-state index in [-0.39, 0.29) is 5.41 Å². The van der Waals surface area contributed by atoms with E-state index in [9.17, 15) is 0 Å². The first-order valence-corrected chi connectivity index (χ1v) is 6.64. The van der Waals surface area contributed by atoms with Crippen molar-refractivity contribution >= 4 is 18.8 Å². The van der Waals surface area contributed by atoms with Crippen LogP contribution in [0.4, 0.5) is 0 Å². The summed E-state index contributed by atoms with van der Waals surface area (Å²) < 4.78 is 2.02. The first-order valence-electron chi connectivity index (χ1n) is 5.31. The Morgan fingerprint density at radius 1 is 1.25 bits per heavy atom. The Labute approximate surface area is 106 Å². The number of rotatable bonds is 1. The second-order valence-corrected chi connectivity index (χ2v) is 6.14. The number of hydrogen-bond donors (Lipinski definition) is 0. The van der Waals surface area contributed by atoms with Gasteiger partial charge in [-0.3, -0.25) is 0 Å². The molecule has 2 heterocycles. The quantitative estimate of drug-likeness (QED) is 0.742. The van der Waals surface area contributed by atoms with E-state index in [2.05, 4.69) is 36.9 Å². The van der Waals surface area contributed by atoms with E-state index in [1.807, 2.05) is 27.8 Å². The summed E-state index contributed by atoms with van der Waals surface area (Å²) in [7, 11) is 0. The van der Waals surface area contributed by atoms with Gasteiger partial charge in [-0.15, -0.1) is 0 Å². The Morgan fingerprint density at radius 3 is 2.50 bits per heavy atom. The first-order chi connectivity index (χ1) is 7.48. The average Bonchev–Trinajstić information content (AvgIpc) is 2.61. The van der Waals surface area contributed by atoms with Crippen molar-refractivity contribution in [2.75, 3.05) is 0 Å². The second-order valence-electron chi connectivity index (χ2n) is 4.88. The first kappa shape index (κ1) is 11.5. The van der Waals surface area contributed by atoms with Crippen LogP contribution in [-0.2, 0) is 5.41 Å². The molecule has 0 aliphatic rings. The molecule has 0 aliphatic carbocycles. The molecule has 0 bridgehead atoms. The van der Waals surface area contributed by atoms with Crippen LogP contribution in [0.15, 0.2) is 30.5 Å². The van der Waals surface area contributed by atoms with Crippen molar-refractivity contribution in [3.63, 3.8) is 0 Å². The Balaban J connectivity index is 2.48. The van der Waals surface area contributed by atoms with Gasteiger partial charge in [-0.2, -0.15) is 0 Å².